The highest BCUT2D eigenvalue weighted by atomic mass is 16.4. The summed E-state index contributed by atoms with van der Waals surface area (Å²) in [5, 5.41) is 19.0. The van der Waals surface area contributed by atoms with E-state index in [1.807, 2.05) is 23.6 Å². The van der Waals surface area contributed by atoms with E-state index in [0.717, 1.165) is 11.1 Å². The molecule has 0 fully saturated rings. The van der Waals surface area contributed by atoms with Crippen LogP contribution in [0.3, 0.4) is 0 Å². The van der Waals surface area contributed by atoms with E-state index >= 15 is 0 Å². The first-order chi connectivity index (χ1) is 7.65. The van der Waals surface area contributed by atoms with E-state index in [9.17, 15) is 4.79 Å². The van der Waals surface area contributed by atoms with Crippen molar-refractivity contribution in [1.29, 1.82) is 0 Å². The van der Waals surface area contributed by atoms with Crippen molar-refractivity contribution >= 4 is 16.9 Å². The molecule has 0 amide bonds. The topological polar surface area (TPSA) is 62.5 Å². The maximum Gasteiger partial charge on any atom is 0.337 e. The van der Waals surface area contributed by atoms with Gasteiger partial charge in [-0.05, 0) is 19.1 Å². The van der Waals surface area contributed by atoms with E-state index in [0.29, 0.717) is 12.1 Å². The SMILES string of the molecule is Cc1cc2cccc(C(=O)O)c2n1CCO. The number of aromatic carboxylic acids is 1. The molecule has 0 aliphatic carbocycles. The summed E-state index contributed by atoms with van der Waals surface area (Å²) in [5.41, 5.74) is 1.92. The number of nitrogens with zero attached hydrogens (tertiary/aromatic N) is 1. The van der Waals surface area contributed by atoms with Gasteiger partial charge >= 0.3 is 5.97 Å². The Bertz CT molecular complexity index is 542. The number of aliphatic hydroxyl groups is 1. The minimum absolute atomic E-state index is 0.00142. The number of carbonyl (C=O) groups is 1. The molecule has 0 saturated carbocycles. The highest BCUT2D eigenvalue weighted by molar-refractivity contribution is 6.02. The number of carboxylic acid groups (broad SMARTS) is 1. The smallest absolute Gasteiger partial charge is 0.337 e. The minimum Gasteiger partial charge on any atom is -0.478 e. The summed E-state index contributed by atoms with van der Waals surface area (Å²) in [7, 11) is 0. The zero-order chi connectivity index (χ0) is 11.7. The third-order valence-electron chi connectivity index (χ3n) is 2.68. The number of hydrogen-bond donors (Lipinski definition) is 2. The first-order valence-electron chi connectivity index (χ1n) is 5.08. The van der Waals surface area contributed by atoms with Crippen molar-refractivity contribution in [1.82, 2.24) is 4.57 Å². The number of aromatic nitrogens is 1. The van der Waals surface area contributed by atoms with Crippen LogP contribution >= 0.6 is 0 Å². The molecule has 4 heteroatoms. The Morgan fingerprint density at radius 3 is 2.81 bits per heavy atom. The van der Waals surface area contributed by atoms with Crippen LogP contribution in [-0.2, 0) is 6.54 Å². The second-order valence-electron chi connectivity index (χ2n) is 3.71. The monoisotopic (exact) mass is 219 g/mol. The average molecular weight is 219 g/mol. The summed E-state index contributed by atoms with van der Waals surface area (Å²) in [4.78, 5) is 11.1. The van der Waals surface area contributed by atoms with Crippen molar-refractivity contribution in [3.63, 3.8) is 0 Å². The molecule has 0 aliphatic heterocycles. The Kier molecular flexibility index (Phi) is 2.66. The fraction of sp³-hybridized carbons (Fsp3) is 0.250. The van der Waals surface area contributed by atoms with Crippen LogP contribution in [0.5, 0.6) is 0 Å². The van der Waals surface area contributed by atoms with Gasteiger partial charge in [-0.25, -0.2) is 4.79 Å². The quantitative estimate of drug-likeness (QED) is 0.824. The van der Waals surface area contributed by atoms with Crippen LogP contribution in [0.2, 0.25) is 0 Å². The lowest BCUT2D eigenvalue weighted by molar-refractivity contribution is 0.0698. The third kappa shape index (κ3) is 1.57. The van der Waals surface area contributed by atoms with E-state index in [1.54, 1.807) is 12.1 Å². The minimum atomic E-state index is -0.942. The Hall–Kier alpha value is -1.81. The lowest BCUT2D eigenvalue weighted by Crippen LogP contribution is -2.07. The molecule has 0 saturated heterocycles. The highest BCUT2D eigenvalue weighted by Gasteiger charge is 2.13. The first kappa shape index (κ1) is 10.7. The number of rotatable bonds is 3. The molecule has 1 aromatic heterocycles. The second-order valence-corrected chi connectivity index (χ2v) is 3.71. The Balaban J connectivity index is 2.77. The van der Waals surface area contributed by atoms with Crippen LogP contribution in [0, 0.1) is 6.92 Å². The highest BCUT2D eigenvalue weighted by Crippen LogP contribution is 2.23. The zero-order valence-corrected chi connectivity index (χ0v) is 8.97. The molecule has 84 valence electrons. The maximum absolute atomic E-state index is 11.1. The van der Waals surface area contributed by atoms with E-state index in [-0.39, 0.29) is 12.2 Å². The van der Waals surface area contributed by atoms with E-state index in [4.69, 9.17) is 10.2 Å². The number of hydrogen-bond acceptors (Lipinski definition) is 2. The van der Waals surface area contributed by atoms with Gasteiger partial charge in [0.15, 0.2) is 0 Å². The number of fused-ring (bicyclic) bond motifs is 1. The normalized spacial score (nSPS) is 10.9. The Morgan fingerprint density at radius 1 is 1.44 bits per heavy atom. The molecule has 0 atom stereocenters. The average Bonchev–Trinajstić information content (AvgIpc) is 2.55. The molecule has 16 heavy (non-hydrogen) atoms. The van der Waals surface area contributed by atoms with Crippen LogP contribution in [0.4, 0.5) is 0 Å². The second kappa shape index (κ2) is 3.98. The van der Waals surface area contributed by atoms with Gasteiger partial charge in [0.05, 0.1) is 17.7 Å². The van der Waals surface area contributed by atoms with Crippen molar-refractivity contribution in [2.45, 2.75) is 13.5 Å². The molecular formula is C12H13NO3. The lowest BCUT2D eigenvalue weighted by Gasteiger charge is -2.07. The van der Waals surface area contributed by atoms with Gasteiger partial charge in [-0.1, -0.05) is 12.1 Å². The third-order valence-corrected chi connectivity index (χ3v) is 2.68. The number of para-hydroxylation sites is 1. The van der Waals surface area contributed by atoms with E-state index < -0.39 is 5.97 Å². The number of aryl methyl sites for hydroxylation is 1. The zero-order valence-electron chi connectivity index (χ0n) is 8.97. The van der Waals surface area contributed by atoms with E-state index in [2.05, 4.69) is 0 Å². The predicted molar refractivity (Wildman–Crippen MR) is 60.7 cm³/mol. The fourth-order valence-corrected chi connectivity index (χ4v) is 2.02. The van der Waals surface area contributed by atoms with Gasteiger partial charge in [0.25, 0.3) is 0 Å². The van der Waals surface area contributed by atoms with Gasteiger partial charge in [0, 0.05) is 17.6 Å². The molecule has 4 nitrogen and oxygen atoms in total. The summed E-state index contributed by atoms with van der Waals surface area (Å²) in [6.45, 7) is 2.32. The van der Waals surface area contributed by atoms with Crippen LogP contribution in [0.25, 0.3) is 10.9 Å². The number of aliphatic hydroxyl groups excluding tert-OH is 1. The molecule has 1 heterocycles. The largest absolute Gasteiger partial charge is 0.478 e. The van der Waals surface area contributed by atoms with Crippen molar-refractivity contribution in [2.24, 2.45) is 0 Å². The summed E-state index contributed by atoms with van der Waals surface area (Å²) < 4.78 is 1.83. The molecule has 0 radical (unpaired) electrons. The molecule has 0 bridgehead atoms. The van der Waals surface area contributed by atoms with Crippen LogP contribution < -0.4 is 0 Å². The van der Waals surface area contributed by atoms with Gasteiger partial charge in [0.1, 0.15) is 0 Å². The molecule has 2 N–H and O–H groups in total. The summed E-state index contributed by atoms with van der Waals surface area (Å²) >= 11 is 0. The standard InChI is InChI=1S/C12H13NO3/c1-8-7-9-3-2-4-10(12(15)16)11(9)13(8)5-6-14/h2-4,7,14H,5-6H2,1H3,(H,15,16). The summed E-state index contributed by atoms with van der Waals surface area (Å²) in [6, 6.07) is 7.12. The maximum atomic E-state index is 11.1. The number of benzene rings is 1. The molecule has 0 unspecified atom stereocenters. The van der Waals surface area contributed by atoms with Gasteiger partial charge in [-0.3, -0.25) is 0 Å². The van der Waals surface area contributed by atoms with Gasteiger partial charge < -0.3 is 14.8 Å². The van der Waals surface area contributed by atoms with E-state index in [1.165, 1.54) is 0 Å². The van der Waals surface area contributed by atoms with Crippen molar-refractivity contribution in [3.8, 4) is 0 Å². The predicted octanol–water partition coefficient (Wildman–Crippen LogP) is 1.64. The Labute approximate surface area is 92.7 Å². The molecule has 0 spiro atoms. The summed E-state index contributed by atoms with van der Waals surface area (Å²) in [5.74, 6) is -0.942. The van der Waals surface area contributed by atoms with Crippen molar-refractivity contribution in [3.05, 3.63) is 35.5 Å². The van der Waals surface area contributed by atoms with Gasteiger partial charge in [-0.15, -0.1) is 0 Å². The van der Waals surface area contributed by atoms with Gasteiger partial charge in [-0.2, -0.15) is 0 Å². The van der Waals surface area contributed by atoms with Gasteiger partial charge in [0.2, 0.25) is 0 Å². The first-order valence-corrected chi connectivity index (χ1v) is 5.08. The number of carboxylic acids is 1. The molecule has 2 aromatic rings. The lowest BCUT2D eigenvalue weighted by atomic mass is 10.1. The van der Waals surface area contributed by atoms with Crippen LogP contribution in [-0.4, -0.2) is 27.4 Å². The Morgan fingerprint density at radius 2 is 2.19 bits per heavy atom. The van der Waals surface area contributed by atoms with Crippen molar-refractivity contribution in [2.75, 3.05) is 6.61 Å². The fourth-order valence-electron chi connectivity index (χ4n) is 2.02. The molecule has 2 rings (SSSR count). The van der Waals surface area contributed by atoms with Crippen LogP contribution in [0.15, 0.2) is 24.3 Å². The molecule has 0 aliphatic rings. The van der Waals surface area contributed by atoms with Crippen molar-refractivity contribution < 1.29 is 15.0 Å². The van der Waals surface area contributed by atoms with Crippen LogP contribution in [0.1, 0.15) is 16.1 Å². The summed E-state index contributed by atoms with van der Waals surface area (Å²) in [6.07, 6.45) is 0. The molecule has 1 aromatic carbocycles. The molecular weight excluding hydrogens is 206 g/mol.